The molecule has 1 heterocycles. The number of rotatable bonds is 6. The van der Waals surface area contributed by atoms with E-state index in [1.165, 1.54) is 0 Å². The molecule has 4 heteroatoms. The van der Waals surface area contributed by atoms with E-state index >= 15 is 0 Å². The zero-order valence-corrected chi connectivity index (χ0v) is 15.4. The van der Waals surface area contributed by atoms with E-state index in [9.17, 15) is 14.7 Å². The van der Waals surface area contributed by atoms with Crippen molar-refractivity contribution < 1.29 is 9.90 Å². The molecule has 4 nitrogen and oxygen atoms in total. The van der Waals surface area contributed by atoms with Crippen LogP contribution in [0, 0.1) is 5.92 Å². The summed E-state index contributed by atoms with van der Waals surface area (Å²) in [5, 5.41) is 10.7. The number of Topliss-reactive ketones (excluding diaryl/α,β-unsaturated/α-hetero) is 1. The molecule has 0 aliphatic carbocycles. The van der Waals surface area contributed by atoms with Crippen molar-refractivity contribution in [3.8, 4) is 0 Å². The molecule has 0 aliphatic heterocycles. The van der Waals surface area contributed by atoms with Crippen molar-refractivity contribution in [2.45, 2.75) is 26.0 Å². The largest absolute Gasteiger partial charge is 0.387 e. The Balaban J connectivity index is 1.91. The van der Waals surface area contributed by atoms with Gasteiger partial charge in [0.2, 0.25) is 0 Å². The van der Waals surface area contributed by atoms with E-state index in [0.717, 1.165) is 5.56 Å². The number of benzene rings is 2. The molecule has 3 aromatic rings. The van der Waals surface area contributed by atoms with Crippen LogP contribution in [0.25, 0.3) is 0 Å². The lowest BCUT2D eigenvalue weighted by Crippen LogP contribution is -2.31. The van der Waals surface area contributed by atoms with Gasteiger partial charge in [0.1, 0.15) is 0 Å². The number of carbonyl (C=O) groups is 1. The van der Waals surface area contributed by atoms with Crippen molar-refractivity contribution in [3.05, 3.63) is 106 Å². The average Bonchev–Trinajstić information content (AvgIpc) is 2.73. The van der Waals surface area contributed by atoms with Crippen LogP contribution >= 0.6 is 0 Å². The molecule has 27 heavy (non-hydrogen) atoms. The predicted octanol–water partition coefficient (Wildman–Crippen LogP) is 4.01. The highest BCUT2D eigenvalue weighted by molar-refractivity contribution is 5.98. The van der Waals surface area contributed by atoms with Crippen LogP contribution in [-0.2, 0) is 0 Å². The first-order valence-electron chi connectivity index (χ1n) is 9.04. The molecule has 3 unspecified atom stereocenters. The number of hydrogen-bond acceptors (Lipinski definition) is 3. The summed E-state index contributed by atoms with van der Waals surface area (Å²) < 4.78 is 1.59. The molecule has 0 aliphatic rings. The van der Waals surface area contributed by atoms with Gasteiger partial charge in [-0.05, 0) is 24.6 Å². The molecular formula is C23H23NO3. The number of carbonyl (C=O) groups excluding carboxylic acids is 1. The molecule has 1 aromatic heterocycles. The lowest BCUT2D eigenvalue weighted by molar-refractivity contribution is 0.0708. The first-order chi connectivity index (χ1) is 13.0. The fraction of sp³-hybridized carbons (Fsp3) is 0.217. The van der Waals surface area contributed by atoms with Gasteiger partial charge in [-0.1, -0.05) is 67.6 Å². The molecule has 0 bridgehead atoms. The summed E-state index contributed by atoms with van der Waals surface area (Å²) in [4.78, 5) is 25.6. The fourth-order valence-corrected chi connectivity index (χ4v) is 3.23. The maximum Gasteiger partial charge on any atom is 0.256 e. The normalized spacial score (nSPS) is 14.3. The molecule has 1 N–H and O–H groups in total. The van der Waals surface area contributed by atoms with Crippen LogP contribution in [0.5, 0.6) is 0 Å². The molecule has 138 valence electrons. The van der Waals surface area contributed by atoms with Crippen LogP contribution in [0.3, 0.4) is 0 Å². The van der Waals surface area contributed by atoms with Crippen molar-refractivity contribution in [1.29, 1.82) is 0 Å². The van der Waals surface area contributed by atoms with Crippen LogP contribution in [0.2, 0.25) is 0 Å². The average molecular weight is 361 g/mol. The zero-order chi connectivity index (χ0) is 19.4. The van der Waals surface area contributed by atoms with Gasteiger partial charge in [0, 0.05) is 23.2 Å². The molecule has 3 rings (SSSR count). The second kappa shape index (κ2) is 8.14. The summed E-state index contributed by atoms with van der Waals surface area (Å²) in [6, 6.07) is 21.7. The number of hydrogen-bond donors (Lipinski definition) is 1. The quantitative estimate of drug-likeness (QED) is 0.675. The molecule has 0 radical (unpaired) electrons. The summed E-state index contributed by atoms with van der Waals surface area (Å²) >= 11 is 0. The Bertz CT molecular complexity index is 964. The predicted molar refractivity (Wildman–Crippen MR) is 106 cm³/mol. The third-order valence-electron chi connectivity index (χ3n) is 4.97. The smallest absolute Gasteiger partial charge is 0.256 e. The first kappa shape index (κ1) is 18.8. The summed E-state index contributed by atoms with van der Waals surface area (Å²) in [7, 11) is 0. The van der Waals surface area contributed by atoms with E-state index in [4.69, 9.17) is 0 Å². The number of aliphatic hydroxyl groups is 1. The number of ketones is 1. The molecule has 2 aromatic carbocycles. The summed E-state index contributed by atoms with van der Waals surface area (Å²) in [6.45, 7) is 3.59. The standard InChI is InChI=1S/C23H23NO3/c1-16(21(25)19-12-7-4-8-13-19)22(26)20-14-9-15-24(23(20)27)17(2)18-10-5-3-6-11-18/h3-17,22,26H,1-2H3. The fourth-order valence-electron chi connectivity index (χ4n) is 3.23. The van der Waals surface area contributed by atoms with E-state index in [0.29, 0.717) is 5.56 Å². The van der Waals surface area contributed by atoms with E-state index < -0.39 is 12.0 Å². The van der Waals surface area contributed by atoms with Crippen molar-refractivity contribution in [2.24, 2.45) is 5.92 Å². The van der Waals surface area contributed by atoms with Crippen LogP contribution in [0.1, 0.15) is 47.5 Å². The topological polar surface area (TPSA) is 59.3 Å². The highest BCUT2D eigenvalue weighted by atomic mass is 16.3. The lowest BCUT2D eigenvalue weighted by atomic mass is 9.90. The summed E-state index contributed by atoms with van der Waals surface area (Å²) in [5.41, 5.74) is 1.48. The number of nitrogens with zero attached hydrogens (tertiary/aromatic N) is 1. The van der Waals surface area contributed by atoms with Gasteiger partial charge in [0.15, 0.2) is 5.78 Å². The number of pyridine rings is 1. The van der Waals surface area contributed by atoms with Crippen molar-refractivity contribution in [1.82, 2.24) is 4.57 Å². The zero-order valence-electron chi connectivity index (χ0n) is 15.4. The van der Waals surface area contributed by atoms with Gasteiger partial charge < -0.3 is 9.67 Å². The first-order valence-corrected chi connectivity index (χ1v) is 9.04. The minimum atomic E-state index is -1.17. The van der Waals surface area contributed by atoms with Crippen LogP contribution in [0.4, 0.5) is 0 Å². The van der Waals surface area contributed by atoms with Gasteiger partial charge in [-0.25, -0.2) is 0 Å². The van der Waals surface area contributed by atoms with E-state index in [-0.39, 0.29) is 22.9 Å². The van der Waals surface area contributed by atoms with Gasteiger partial charge in [-0.3, -0.25) is 9.59 Å². The lowest BCUT2D eigenvalue weighted by Gasteiger charge is -2.21. The molecule has 0 saturated carbocycles. The van der Waals surface area contributed by atoms with Gasteiger partial charge >= 0.3 is 0 Å². The maximum atomic E-state index is 13.0. The number of aliphatic hydroxyl groups excluding tert-OH is 1. The third kappa shape index (κ3) is 3.91. The Morgan fingerprint density at radius 1 is 0.889 bits per heavy atom. The van der Waals surface area contributed by atoms with Gasteiger partial charge in [0.05, 0.1) is 12.1 Å². The molecular weight excluding hydrogens is 338 g/mol. The minimum Gasteiger partial charge on any atom is -0.387 e. The van der Waals surface area contributed by atoms with Gasteiger partial charge in [-0.15, -0.1) is 0 Å². The highest BCUT2D eigenvalue weighted by Gasteiger charge is 2.27. The maximum absolute atomic E-state index is 13.0. The van der Waals surface area contributed by atoms with Crippen LogP contribution in [0.15, 0.2) is 83.8 Å². The SMILES string of the molecule is CC(C(=O)c1ccccc1)C(O)c1cccn(C(C)c2ccccc2)c1=O. The third-order valence-corrected chi connectivity index (χ3v) is 4.97. The Hall–Kier alpha value is -2.98. The van der Waals surface area contributed by atoms with E-state index in [1.807, 2.05) is 43.3 Å². The molecule has 0 saturated heterocycles. The van der Waals surface area contributed by atoms with Crippen molar-refractivity contribution >= 4 is 5.78 Å². The van der Waals surface area contributed by atoms with Crippen LogP contribution in [-0.4, -0.2) is 15.5 Å². The molecule has 0 spiro atoms. The Kier molecular flexibility index (Phi) is 5.67. The summed E-state index contributed by atoms with van der Waals surface area (Å²) in [5.74, 6) is -0.906. The Morgan fingerprint density at radius 3 is 2.11 bits per heavy atom. The number of aromatic nitrogens is 1. The molecule has 0 amide bonds. The molecule has 0 fully saturated rings. The minimum absolute atomic E-state index is 0.175. The Morgan fingerprint density at radius 2 is 1.48 bits per heavy atom. The monoisotopic (exact) mass is 361 g/mol. The van der Waals surface area contributed by atoms with Gasteiger partial charge in [-0.2, -0.15) is 0 Å². The molecule has 3 atom stereocenters. The Labute approximate surface area is 158 Å². The van der Waals surface area contributed by atoms with E-state index in [1.54, 1.807) is 54.1 Å². The van der Waals surface area contributed by atoms with Crippen LogP contribution < -0.4 is 5.56 Å². The van der Waals surface area contributed by atoms with Gasteiger partial charge in [0.25, 0.3) is 5.56 Å². The second-order valence-electron chi connectivity index (χ2n) is 6.73. The second-order valence-corrected chi connectivity index (χ2v) is 6.73. The van der Waals surface area contributed by atoms with Crippen molar-refractivity contribution in [3.63, 3.8) is 0 Å². The summed E-state index contributed by atoms with van der Waals surface area (Å²) in [6.07, 6.45) is 0.542. The van der Waals surface area contributed by atoms with Crippen molar-refractivity contribution in [2.75, 3.05) is 0 Å². The van der Waals surface area contributed by atoms with E-state index in [2.05, 4.69) is 0 Å². The highest BCUT2D eigenvalue weighted by Crippen LogP contribution is 2.24.